The fourth-order valence-electron chi connectivity index (χ4n) is 5.19. The summed E-state index contributed by atoms with van der Waals surface area (Å²) in [5.74, 6) is 2.46. The van der Waals surface area contributed by atoms with Crippen molar-refractivity contribution < 1.29 is 0 Å². The average Bonchev–Trinajstić information content (AvgIpc) is 2.92. The molecule has 1 aliphatic carbocycles. The lowest BCUT2D eigenvalue weighted by Crippen LogP contribution is -2.32. The molecule has 0 unspecified atom stereocenters. The van der Waals surface area contributed by atoms with Crippen molar-refractivity contribution in [2.24, 2.45) is 5.92 Å². The van der Waals surface area contributed by atoms with Crippen LogP contribution in [-0.4, -0.2) is 43.2 Å². The van der Waals surface area contributed by atoms with Crippen LogP contribution in [0.4, 0.5) is 11.8 Å². The van der Waals surface area contributed by atoms with E-state index in [-0.39, 0.29) is 0 Å². The number of nitrogens with zero attached hydrogens (tertiary/aromatic N) is 3. The second-order valence-corrected chi connectivity index (χ2v) is 10.2. The first-order valence-electron chi connectivity index (χ1n) is 13.2. The second-order valence-electron chi connectivity index (χ2n) is 10.2. The fourth-order valence-corrected chi connectivity index (χ4v) is 5.19. The van der Waals surface area contributed by atoms with Gasteiger partial charge in [0.1, 0.15) is 5.82 Å². The van der Waals surface area contributed by atoms with E-state index in [2.05, 4.69) is 82.3 Å². The lowest BCUT2D eigenvalue weighted by atomic mass is 9.86. The van der Waals surface area contributed by atoms with Gasteiger partial charge in [0.25, 0.3) is 0 Å². The first kappa shape index (κ1) is 24.3. The van der Waals surface area contributed by atoms with E-state index >= 15 is 0 Å². The molecule has 1 heterocycles. The number of benzene rings is 3. The SMILES string of the molecule is CN(C)c1nc(NC2CCC(CNCCc3ccc(-c4ccccc4)cc3)CC2)nc2ccccc12. The standard InChI is InChI=1S/C31H37N5/c1-36(2)30-28-10-6-7-11-29(28)34-31(35-30)33-27-18-14-24(15-19-27)22-32-21-20-23-12-16-26(17-13-23)25-8-4-3-5-9-25/h3-13,16-17,24,27,32H,14-15,18-22H2,1-2H3,(H,33,34,35). The maximum Gasteiger partial charge on any atom is 0.225 e. The monoisotopic (exact) mass is 479 g/mol. The summed E-state index contributed by atoms with van der Waals surface area (Å²) in [5, 5.41) is 8.42. The normalized spacial score (nSPS) is 17.7. The van der Waals surface area contributed by atoms with E-state index in [9.17, 15) is 0 Å². The van der Waals surface area contributed by atoms with Gasteiger partial charge in [0.2, 0.25) is 5.95 Å². The number of para-hydroxylation sites is 1. The van der Waals surface area contributed by atoms with Crippen LogP contribution in [0.3, 0.4) is 0 Å². The largest absolute Gasteiger partial charge is 0.362 e. The quantitative estimate of drug-likeness (QED) is 0.281. The van der Waals surface area contributed by atoms with Crippen LogP contribution in [-0.2, 0) is 6.42 Å². The molecule has 1 aromatic heterocycles. The lowest BCUT2D eigenvalue weighted by Gasteiger charge is -2.29. The van der Waals surface area contributed by atoms with Crippen LogP contribution < -0.4 is 15.5 Å². The molecule has 1 saturated carbocycles. The Kier molecular flexibility index (Phi) is 7.77. The number of rotatable bonds is 9. The van der Waals surface area contributed by atoms with Crippen LogP contribution in [0.1, 0.15) is 31.2 Å². The van der Waals surface area contributed by atoms with Crippen LogP contribution in [0.15, 0.2) is 78.9 Å². The molecular weight excluding hydrogens is 442 g/mol. The topological polar surface area (TPSA) is 53.1 Å². The summed E-state index contributed by atoms with van der Waals surface area (Å²) in [4.78, 5) is 11.7. The van der Waals surface area contributed by atoms with Crippen molar-refractivity contribution in [1.29, 1.82) is 0 Å². The Morgan fingerprint density at radius 3 is 2.22 bits per heavy atom. The van der Waals surface area contributed by atoms with Gasteiger partial charge in [-0.1, -0.05) is 66.7 Å². The van der Waals surface area contributed by atoms with E-state index in [1.807, 2.05) is 26.2 Å². The number of fused-ring (bicyclic) bond motifs is 1. The molecule has 5 nitrogen and oxygen atoms in total. The summed E-state index contributed by atoms with van der Waals surface area (Å²) < 4.78 is 0. The zero-order valence-corrected chi connectivity index (χ0v) is 21.5. The first-order valence-corrected chi connectivity index (χ1v) is 13.2. The van der Waals surface area contributed by atoms with Crippen molar-refractivity contribution in [2.45, 2.75) is 38.1 Å². The van der Waals surface area contributed by atoms with E-state index in [1.165, 1.54) is 42.4 Å². The van der Waals surface area contributed by atoms with Crippen LogP contribution in [0, 0.1) is 5.92 Å². The van der Waals surface area contributed by atoms with Gasteiger partial charge < -0.3 is 15.5 Å². The van der Waals surface area contributed by atoms with Gasteiger partial charge in [-0.3, -0.25) is 0 Å². The number of nitrogens with one attached hydrogen (secondary N) is 2. The molecule has 1 fully saturated rings. The summed E-state index contributed by atoms with van der Waals surface area (Å²) in [7, 11) is 4.08. The average molecular weight is 480 g/mol. The van der Waals surface area contributed by atoms with Gasteiger partial charge in [-0.05, 0) is 79.9 Å². The van der Waals surface area contributed by atoms with Crippen molar-refractivity contribution >= 4 is 22.7 Å². The Balaban J connectivity index is 1.05. The van der Waals surface area contributed by atoms with Gasteiger partial charge in [0, 0.05) is 25.5 Å². The predicted molar refractivity (Wildman–Crippen MR) is 152 cm³/mol. The van der Waals surface area contributed by atoms with Crippen LogP contribution in [0.5, 0.6) is 0 Å². The van der Waals surface area contributed by atoms with Crippen molar-refractivity contribution in [3.8, 4) is 11.1 Å². The third-order valence-corrected chi connectivity index (χ3v) is 7.27. The first-order chi connectivity index (χ1) is 17.7. The molecule has 186 valence electrons. The van der Waals surface area contributed by atoms with Gasteiger partial charge in [-0.15, -0.1) is 0 Å². The number of aromatic nitrogens is 2. The third-order valence-electron chi connectivity index (χ3n) is 7.27. The fraction of sp³-hybridized carbons (Fsp3) is 0.355. The van der Waals surface area contributed by atoms with Gasteiger partial charge in [0.05, 0.1) is 5.52 Å². The molecule has 0 radical (unpaired) electrons. The highest BCUT2D eigenvalue weighted by atomic mass is 15.2. The molecule has 36 heavy (non-hydrogen) atoms. The predicted octanol–water partition coefficient (Wildman–Crippen LogP) is 6.17. The molecule has 0 aliphatic heterocycles. The Morgan fingerprint density at radius 2 is 1.47 bits per heavy atom. The molecule has 3 aromatic carbocycles. The lowest BCUT2D eigenvalue weighted by molar-refractivity contribution is 0.325. The van der Waals surface area contributed by atoms with Crippen LogP contribution in [0.2, 0.25) is 0 Å². The minimum atomic E-state index is 0.445. The van der Waals surface area contributed by atoms with Crippen molar-refractivity contribution in [3.05, 3.63) is 84.4 Å². The third kappa shape index (κ3) is 6.03. The van der Waals surface area contributed by atoms with E-state index in [0.29, 0.717) is 6.04 Å². The van der Waals surface area contributed by atoms with Crippen molar-refractivity contribution in [2.75, 3.05) is 37.4 Å². The van der Waals surface area contributed by atoms with Gasteiger partial charge in [-0.25, -0.2) is 4.98 Å². The Labute approximate surface area is 215 Å². The highest BCUT2D eigenvalue weighted by Gasteiger charge is 2.22. The molecule has 0 saturated heterocycles. The molecule has 0 spiro atoms. The molecule has 2 N–H and O–H groups in total. The van der Waals surface area contributed by atoms with E-state index in [4.69, 9.17) is 9.97 Å². The Hall–Kier alpha value is -3.44. The smallest absolute Gasteiger partial charge is 0.225 e. The zero-order chi connectivity index (χ0) is 24.7. The minimum Gasteiger partial charge on any atom is -0.362 e. The summed E-state index contributed by atoms with van der Waals surface area (Å²) in [6.45, 7) is 2.13. The van der Waals surface area contributed by atoms with Crippen LogP contribution >= 0.6 is 0 Å². The maximum atomic E-state index is 4.82. The molecule has 4 aromatic rings. The summed E-state index contributed by atoms with van der Waals surface area (Å²) >= 11 is 0. The molecule has 0 amide bonds. The molecule has 5 heteroatoms. The summed E-state index contributed by atoms with van der Waals surface area (Å²) in [5.41, 5.74) is 4.94. The van der Waals surface area contributed by atoms with Crippen LogP contribution in [0.25, 0.3) is 22.0 Å². The molecule has 5 rings (SSSR count). The summed E-state index contributed by atoms with van der Waals surface area (Å²) in [6.07, 6.45) is 5.89. The second kappa shape index (κ2) is 11.5. The molecule has 0 bridgehead atoms. The van der Waals surface area contributed by atoms with E-state index in [0.717, 1.165) is 48.1 Å². The summed E-state index contributed by atoms with van der Waals surface area (Å²) in [6, 6.07) is 28.2. The zero-order valence-electron chi connectivity index (χ0n) is 21.5. The van der Waals surface area contributed by atoms with Gasteiger partial charge in [0.15, 0.2) is 0 Å². The highest BCUT2D eigenvalue weighted by molar-refractivity contribution is 5.90. The van der Waals surface area contributed by atoms with E-state index in [1.54, 1.807) is 0 Å². The number of hydrogen-bond donors (Lipinski definition) is 2. The molecule has 1 aliphatic rings. The Bertz CT molecular complexity index is 1250. The molecular formula is C31H37N5. The van der Waals surface area contributed by atoms with E-state index < -0.39 is 0 Å². The highest BCUT2D eigenvalue weighted by Crippen LogP contribution is 2.28. The van der Waals surface area contributed by atoms with Crippen molar-refractivity contribution in [3.63, 3.8) is 0 Å². The van der Waals surface area contributed by atoms with Crippen molar-refractivity contribution in [1.82, 2.24) is 15.3 Å². The minimum absolute atomic E-state index is 0.445. The number of hydrogen-bond acceptors (Lipinski definition) is 5. The number of anilines is 2. The van der Waals surface area contributed by atoms with Gasteiger partial charge in [-0.2, -0.15) is 4.98 Å². The Morgan fingerprint density at radius 1 is 0.778 bits per heavy atom. The van der Waals surface area contributed by atoms with Gasteiger partial charge >= 0.3 is 0 Å². The maximum absolute atomic E-state index is 4.82. The molecule has 0 atom stereocenters.